The molecule has 0 aliphatic carbocycles. The third-order valence-electron chi connectivity index (χ3n) is 4.34. The van der Waals surface area contributed by atoms with Gasteiger partial charge < -0.3 is 15.4 Å². The van der Waals surface area contributed by atoms with Crippen LogP contribution in [0.15, 0.2) is 40.2 Å². The number of urea groups is 1. The van der Waals surface area contributed by atoms with Gasteiger partial charge in [0.25, 0.3) is 0 Å². The lowest BCUT2D eigenvalue weighted by Gasteiger charge is -2.27. The predicted octanol–water partition coefficient (Wildman–Crippen LogP) is 3.38. The van der Waals surface area contributed by atoms with Crippen LogP contribution < -0.4 is 10.6 Å². The largest absolute Gasteiger partial charge is 0.379 e. The van der Waals surface area contributed by atoms with Crippen molar-refractivity contribution in [2.24, 2.45) is 0 Å². The lowest BCUT2D eigenvalue weighted by Crippen LogP contribution is -2.37. The van der Waals surface area contributed by atoms with Crippen LogP contribution in [0.25, 0.3) is 0 Å². The number of hydrogen-bond acceptors (Lipinski definition) is 4. The first-order valence-electron chi connectivity index (χ1n) is 8.83. The van der Waals surface area contributed by atoms with Crippen LogP contribution in [-0.2, 0) is 24.2 Å². The van der Waals surface area contributed by atoms with Crippen LogP contribution in [0.5, 0.6) is 0 Å². The molecule has 140 valence electrons. The molecule has 2 aromatic rings. The Bertz CT molecular complexity index is 716. The highest BCUT2D eigenvalue weighted by Crippen LogP contribution is 2.22. The summed E-state index contributed by atoms with van der Waals surface area (Å²) < 4.78 is 6.53. The molecule has 1 saturated heterocycles. The van der Waals surface area contributed by atoms with Gasteiger partial charge in [-0.05, 0) is 45.6 Å². The summed E-state index contributed by atoms with van der Waals surface area (Å²) in [5, 5.41) is 5.89. The van der Waals surface area contributed by atoms with Gasteiger partial charge in [0.2, 0.25) is 0 Å². The predicted molar refractivity (Wildman–Crippen MR) is 108 cm³/mol. The summed E-state index contributed by atoms with van der Waals surface area (Å²) in [7, 11) is 0. The minimum Gasteiger partial charge on any atom is -0.379 e. The highest BCUT2D eigenvalue weighted by molar-refractivity contribution is 9.11. The number of nitrogens with zero attached hydrogens (tertiary/aromatic N) is 1. The second-order valence-corrected chi connectivity index (χ2v) is 8.77. The number of carbonyl (C=O) groups excluding carboxylic acids is 1. The monoisotopic (exact) mass is 437 g/mol. The number of thiophene rings is 1. The minimum absolute atomic E-state index is 0.123. The van der Waals surface area contributed by atoms with E-state index >= 15 is 0 Å². The van der Waals surface area contributed by atoms with Gasteiger partial charge in [-0.15, -0.1) is 11.3 Å². The van der Waals surface area contributed by atoms with Gasteiger partial charge in [0.1, 0.15) is 0 Å². The molecule has 3 rings (SSSR count). The summed E-state index contributed by atoms with van der Waals surface area (Å²) in [4.78, 5) is 15.7. The third kappa shape index (κ3) is 6.09. The van der Waals surface area contributed by atoms with Gasteiger partial charge >= 0.3 is 6.03 Å². The summed E-state index contributed by atoms with van der Waals surface area (Å²) in [5.74, 6) is 0. The number of carbonyl (C=O) groups is 1. The van der Waals surface area contributed by atoms with E-state index in [1.165, 1.54) is 10.4 Å². The molecule has 2 N–H and O–H groups in total. The number of benzene rings is 1. The molecule has 1 aromatic carbocycles. The minimum atomic E-state index is -0.123. The molecular formula is C19H24BrN3O2S. The van der Waals surface area contributed by atoms with Crippen molar-refractivity contribution >= 4 is 33.3 Å². The molecule has 1 aliphatic heterocycles. The molecule has 7 heteroatoms. The molecule has 0 bridgehead atoms. The maximum Gasteiger partial charge on any atom is 0.315 e. The number of ether oxygens (including phenoxy) is 1. The van der Waals surface area contributed by atoms with Crippen LogP contribution in [0, 0.1) is 0 Å². The van der Waals surface area contributed by atoms with Gasteiger partial charge in [-0.25, -0.2) is 4.79 Å². The zero-order chi connectivity index (χ0) is 18.2. The first-order chi connectivity index (χ1) is 12.7. The van der Waals surface area contributed by atoms with Crippen LogP contribution in [-0.4, -0.2) is 43.8 Å². The lowest BCUT2D eigenvalue weighted by molar-refractivity contribution is 0.0341. The lowest BCUT2D eigenvalue weighted by atomic mass is 10.1. The molecule has 0 spiro atoms. The molecule has 2 heterocycles. The molecular weight excluding hydrogens is 414 g/mol. The zero-order valence-corrected chi connectivity index (χ0v) is 17.1. The quantitative estimate of drug-likeness (QED) is 0.697. The van der Waals surface area contributed by atoms with Crippen molar-refractivity contribution in [3.63, 3.8) is 0 Å². The first kappa shape index (κ1) is 19.4. The van der Waals surface area contributed by atoms with Gasteiger partial charge in [-0.2, -0.15) is 0 Å². The van der Waals surface area contributed by atoms with Gasteiger partial charge in [0.15, 0.2) is 0 Å². The molecule has 26 heavy (non-hydrogen) atoms. The summed E-state index contributed by atoms with van der Waals surface area (Å²) >= 11 is 5.15. The average molecular weight is 438 g/mol. The van der Waals surface area contributed by atoms with Gasteiger partial charge in [0, 0.05) is 37.6 Å². The summed E-state index contributed by atoms with van der Waals surface area (Å²) in [6.07, 6.45) is 0.845. The summed E-state index contributed by atoms with van der Waals surface area (Å²) in [5.41, 5.74) is 2.43. The van der Waals surface area contributed by atoms with E-state index in [1.807, 2.05) is 12.1 Å². The number of halogens is 1. The zero-order valence-electron chi connectivity index (χ0n) is 14.7. The fraction of sp³-hybridized carbons (Fsp3) is 0.421. The van der Waals surface area contributed by atoms with E-state index in [-0.39, 0.29) is 6.03 Å². The van der Waals surface area contributed by atoms with Crippen molar-refractivity contribution in [2.45, 2.75) is 19.5 Å². The first-order valence-corrected chi connectivity index (χ1v) is 10.4. The van der Waals surface area contributed by atoms with Crippen molar-refractivity contribution in [3.8, 4) is 0 Å². The average Bonchev–Trinajstić information content (AvgIpc) is 3.07. The van der Waals surface area contributed by atoms with Crippen LogP contribution in [0.3, 0.4) is 0 Å². The van der Waals surface area contributed by atoms with E-state index in [2.05, 4.69) is 55.7 Å². The van der Waals surface area contributed by atoms with Crippen molar-refractivity contribution < 1.29 is 9.53 Å². The van der Waals surface area contributed by atoms with Crippen molar-refractivity contribution in [1.29, 1.82) is 0 Å². The Kier molecular flexibility index (Phi) is 7.49. The van der Waals surface area contributed by atoms with Gasteiger partial charge in [0.05, 0.1) is 17.0 Å². The Balaban J connectivity index is 1.44. The molecule has 0 atom stereocenters. The number of amides is 2. The smallest absolute Gasteiger partial charge is 0.315 e. The van der Waals surface area contributed by atoms with E-state index in [4.69, 9.17) is 4.74 Å². The second kappa shape index (κ2) is 10.1. The molecule has 1 fully saturated rings. The van der Waals surface area contributed by atoms with E-state index in [9.17, 15) is 4.79 Å². The Labute approximate surface area is 166 Å². The summed E-state index contributed by atoms with van der Waals surface area (Å²) in [6, 6.07) is 12.3. The molecule has 1 aliphatic rings. The molecule has 2 amide bonds. The Morgan fingerprint density at radius 3 is 2.62 bits per heavy atom. The van der Waals surface area contributed by atoms with Crippen LogP contribution in [0.2, 0.25) is 0 Å². The molecule has 0 unspecified atom stereocenters. The SMILES string of the molecule is O=C(NCCc1ccc(Br)s1)NCc1ccccc1CN1CCOCC1. The summed E-state index contributed by atoms with van der Waals surface area (Å²) in [6.45, 7) is 5.58. The standard InChI is InChI=1S/C19H24BrN3O2S/c20-18-6-5-17(26-18)7-8-21-19(24)22-13-15-3-1-2-4-16(15)14-23-9-11-25-12-10-23/h1-6H,7-14H2,(H2,21,22,24). The normalized spacial score (nSPS) is 15.0. The van der Waals surface area contributed by atoms with E-state index in [0.29, 0.717) is 13.1 Å². The molecule has 0 radical (unpaired) electrons. The van der Waals surface area contributed by atoms with E-state index in [0.717, 1.165) is 48.6 Å². The molecule has 5 nitrogen and oxygen atoms in total. The molecule has 0 saturated carbocycles. The number of hydrogen-bond donors (Lipinski definition) is 2. The second-order valence-electron chi connectivity index (χ2n) is 6.22. The molecule has 1 aromatic heterocycles. The Morgan fingerprint density at radius 2 is 1.88 bits per heavy atom. The topological polar surface area (TPSA) is 53.6 Å². The van der Waals surface area contributed by atoms with Gasteiger partial charge in [-0.1, -0.05) is 24.3 Å². The third-order valence-corrected chi connectivity index (χ3v) is 6.02. The van der Waals surface area contributed by atoms with Crippen molar-refractivity contribution in [2.75, 3.05) is 32.8 Å². The van der Waals surface area contributed by atoms with Crippen LogP contribution in [0.1, 0.15) is 16.0 Å². The Hall–Kier alpha value is -1.41. The maximum atomic E-state index is 12.1. The Morgan fingerprint density at radius 1 is 1.12 bits per heavy atom. The van der Waals surface area contributed by atoms with Crippen LogP contribution in [0.4, 0.5) is 4.79 Å². The fourth-order valence-corrected chi connectivity index (χ4v) is 4.39. The highest BCUT2D eigenvalue weighted by atomic mass is 79.9. The van der Waals surface area contributed by atoms with Crippen LogP contribution >= 0.6 is 27.3 Å². The fourth-order valence-electron chi connectivity index (χ4n) is 2.91. The number of rotatable bonds is 7. The number of morpholine rings is 1. The highest BCUT2D eigenvalue weighted by Gasteiger charge is 2.13. The van der Waals surface area contributed by atoms with Crippen molar-refractivity contribution in [3.05, 3.63) is 56.2 Å². The van der Waals surface area contributed by atoms with Crippen molar-refractivity contribution in [1.82, 2.24) is 15.5 Å². The number of nitrogens with one attached hydrogen (secondary N) is 2. The maximum absolute atomic E-state index is 12.1. The van der Waals surface area contributed by atoms with Gasteiger partial charge in [-0.3, -0.25) is 4.90 Å². The van der Waals surface area contributed by atoms with E-state index in [1.54, 1.807) is 11.3 Å². The van der Waals surface area contributed by atoms with E-state index < -0.39 is 0 Å².